The Labute approximate surface area is 183 Å². The molecule has 0 heterocycles. The van der Waals surface area contributed by atoms with E-state index < -0.39 is 25.9 Å². The van der Waals surface area contributed by atoms with Crippen LogP contribution in [0.3, 0.4) is 0 Å². The number of esters is 2. The third-order valence-corrected chi connectivity index (χ3v) is 9.13. The number of unbranched alkanes of at least 4 members (excludes halogenated alkanes) is 2. The number of carbonyl (C=O) groups excluding carboxylic acids is 2. The van der Waals surface area contributed by atoms with Gasteiger partial charge >= 0.3 is 11.9 Å². The van der Waals surface area contributed by atoms with Gasteiger partial charge in [-0.2, -0.15) is 0 Å². The first kappa shape index (κ1) is 26.2. The van der Waals surface area contributed by atoms with Gasteiger partial charge in [0.2, 0.25) is 0 Å². The lowest BCUT2D eigenvalue weighted by molar-refractivity contribution is -0.161. The van der Waals surface area contributed by atoms with Gasteiger partial charge in [0.1, 0.15) is 5.75 Å². The number of aryl methyl sites for hydroxylation is 1. The van der Waals surface area contributed by atoms with Crippen molar-refractivity contribution in [2.24, 2.45) is 5.92 Å². The lowest BCUT2D eigenvalue weighted by Gasteiger charge is -2.19. The second-order valence-corrected chi connectivity index (χ2v) is 14.0. The molecule has 30 heavy (non-hydrogen) atoms. The minimum Gasteiger partial charge on any atom is -0.494 e. The molecule has 170 valence electrons. The van der Waals surface area contributed by atoms with Crippen molar-refractivity contribution in [1.29, 1.82) is 0 Å². The first-order valence-electron chi connectivity index (χ1n) is 11.4. The molecule has 1 aromatic rings. The summed E-state index contributed by atoms with van der Waals surface area (Å²) in [6, 6.07) is 10.6. The Bertz CT molecular complexity index is 609. The predicted octanol–water partition coefficient (Wildman–Crippen LogP) is 5.64. The molecule has 0 aromatic heterocycles. The van der Waals surface area contributed by atoms with Gasteiger partial charge in [-0.05, 0) is 50.8 Å². The van der Waals surface area contributed by atoms with E-state index in [2.05, 4.69) is 20.0 Å². The lowest BCUT2D eigenvalue weighted by atomic mass is 9.99. The summed E-state index contributed by atoms with van der Waals surface area (Å²) < 4.78 is 15.9. The normalized spacial score (nSPS) is 11.4. The summed E-state index contributed by atoms with van der Waals surface area (Å²) in [5.41, 5.74) is 1.05. The van der Waals surface area contributed by atoms with Crippen LogP contribution in [-0.4, -0.2) is 39.8 Å². The molecule has 0 bridgehead atoms. The van der Waals surface area contributed by atoms with Crippen LogP contribution in [0.2, 0.25) is 25.2 Å². The summed E-state index contributed by atoms with van der Waals surface area (Å²) in [4.78, 5) is 24.1. The van der Waals surface area contributed by atoms with E-state index in [9.17, 15) is 9.59 Å². The Balaban J connectivity index is 2.40. The number of hydrogen-bond donors (Lipinski definition) is 0. The molecule has 0 atom stereocenters. The SMILES string of the molecule is CCOC(=O)C(CCc1ccc(OCCCCC[Si](C)(C)CC)cc1)C(=O)OCC. The van der Waals surface area contributed by atoms with Gasteiger partial charge in [-0.1, -0.05) is 57.1 Å². The van der Waals surface area contributed by atoms with Crippen LogP contribution in [-0.2, 0) is 25.5 Å². The quantitative estimate of drug-likeness (QED) is 0.154. The molecule has 0 spiro atoms. The molecule has 0 unspecified atom stereocenters. The summed E-state index contributed by atoms with van der Waals surface area (Å²) in [6.07, 6.45) is 4.57. The van der Waals surface area contributed by atoms with Gasteiger partial charge in [0.25, 0.3) is 0 Å². The average molecular weight is 437 g/mol. The molecule has 0 aliphatic carbocycles. The molecule has 0 saturated carbocycles. The van der Waals surface area contributed by atoms with Crippen molar-refractivity contribution in [2.75, 3.05) is 19.8 Å². The molecular weight excluding hydrogens is 396 g/mol. The number of rotatable bonds is 15. The van der Waals surface area contributed by atoms with E-state index >= 15 is 0 Å². The maximum absolute atomic E-state index is 12.1. The Hall–Kier alpha value is -1.82. The van der Waals surface area contributed by atoms with Gasteiger partial charge in [0.05, 0.1) is 19.8 Å². The van der Waals surface area contributed by atoms with Crippen molar-refractivity contribution in [3.8, 4) is 5.75 Å². The Morgan fingerprint density at radius 2 is 1.50 bits per heavy atom. The summed E-state index contributed by atoms with van der Waals surface area (Å²) in [7, 11) is -0.947. The third kappa shape index (κ3) is 10.3. The summed E-state index contributed by atoms with van der Waals surface area (Å²) in [6.45, 7) is 11.9. The summed E-state index contributed by atoms with van der Waals surface area (Å²) in [5, 5.41) is 0. The molecule has 0 radical (unpaired) electrons. The highest BCUT2D eigenvalue weighted by molar-refractivity contribution is 6.77. The largest absolute Gasteiger partial charge is 0.494 e. The van der Waals surface area contributed by atoms with Crippen LogP contribution >= 0.6 is 0 Å². The molecular formula is C24H40O5Si. The van der Waals surface area contributed by atoms with Gasteiger partial charge < -0.3 is 14.2 Å². The van der Waals surface area contributed by atoms with Crippen LogP contribution in [0.15, 0.2) is 24.3 Å². The molecule has 0 amide bonds. The monoisotopic (exact) mass is 436 g/mol. The van der Waals surface area contributed by atoms with E-state index in [1.165, 1.54) is 24.9 Å². The maximum Gasteiger partial charge on any atom is 0.320 e. The van der Waals surface area contributed by atoms with Gasteiger partial charge in [0.15, 0.2) is 5.92 Å². The number of ether oxygens (including phenoxy) is 3. The van der Waals surface area contributed by atoms with Crippen LogP contribution in [0.25, 0.3) is 0 Å². The van der Waals surface area contributed by atoms with Crippen molar-refractivity contribution in [3.05, 3.63) is 29.8 Å². The topological polar surface area (TPSA) is 61.8 Å². The zero-order chi connectivity index (χ0) is 22.4. The smallest absolute Gasteiger partial charge is 0.320 e. The highest BCUT2D eigenvalue weighted by Gasteiger charge is 2.29. The van der Waals surface area contributed by atoms with E-state index in [0.29, 0.717) is 12.8 Å². The minimum absolute atomic E-state index is 0.249. The predicted molar refractivity (Wildman–Crippen MR) is 124 cm³/mol. The number of carbonyl (C=O) groups is 2. The van der Waals surface area contributed by atoms with Crippen molar-refractivity contribution < 1.29 is 23.8 Å². The van der Waals surface area contributed by atoms with Gasteiger partial charge in [-0.25, -0.2) is 0 Å². The fourth-order valence-corrected chi connectivity index (χ4v) is 4.69. The van der Waals surface area contributed by atoms with Crippen molar-refractivity contribution in [1.82, 2.24) is 0 Å². The zero-order valence-electron chi connectivity index (χ0n) is 19.5. The first-order valence-corrected chi connectivity index (χ1v) is 14.8. The molecule has 0 saturated heterocycles. The standard InChI is InChI=1S/C24H40O5Si/c1-6-27-23(25)22(24(26)28-7-2)17-14-20-12-15-21(16-13-20)29-18-10-9-11-19-30(4,5)8-3/h12-13,15-16,22H,6-11,14,17-19H2,1-5H3. The van der Waals surface area contributed by atoms with E-state index in [1.54, 1.807) is 13.8 Å². The highest BCUT2D eigenvalue weighted by atomic mass is 28.3. The number of hydrogen-bond acceptors (Lipinski definition) is 5. The van der Waals surface area contributed by atoms with Gasteiger partial charge in [0, 0.05) is 8.07 Å². The number of benzene rings is 1. The molecule has 0 aliphatic rings. The molecule has 6 heteroatoms. The van der Waals surface area contributed by atoms with Crippen molar-refractivity contribution in [3.63, 3.8) is 0 Å². The molecule has 0 aliphatic heterocycles. The molecule has 1 aromatic carbocycles. The Morgan fingerprint density at radius 1 is 0.900 bits per heavy atom. The lowest BCUT2D eigenvalue weighted by Crippen LogP contribution is -2.28. The Kier molecular flexibility index (Phi) is 12.4. The van der Waals surface area contributed by atoms with Crippen LogP contribution in [0.4, 0.5) is 0 Å². The average Bonchev–Trinajstić information content (AvgIpc) is 2.72. The highest BCUT2D eigenvalue weighted by Crippen LogP contribution is 2.20. The van der Waals surface area contributed by atoms with Gasteiger partial charge in [-0.15, -0.1) is 0 Å². The van der Waals surface area contributed by atoms with Gasteiger partial charge in [-0.3, -0.25) is 9.59 Å². The van der Waals surface area contributed by atoms with Crippen LogP contribution in [0.5, 0.6) is 5.75 Å². The Morgan fingerprint density at radius 3 is 2.03 bits per heavy atom. The van der Waals surface area contributed by atoms with Crippen LogP contribution < -0.4 is 4.74 Å². The van der Waals surface area contributed by atoms with Crippen LogP contribution in [0.1, 0.15) is 52.0 Å². The first-order chi connectivity index (χ1) is 14.3. The molecule has 0 fully saturated rings. The molecule has 5 nitrogen and oxygen atoms in total. The fraction of sp³-hybridized carbons (Fsp3) is 0.667. The minimum atomic E-state index is -0.947. The van der Waals surface area contributed by atoms with E-state index in [0.717, 1.165) is 24.3 Å². The molecule has 1 rings (SSSR count). The van der Waals surface area contributed by atoms with Crippen LogP contribution in [0, 0.1) is 5.92 Å². The second kappa shape index (κ2) is 14.2. The summed E-state index contributed by atoms with van der Waals surface area (Å²) >= 11 is 0. The second-order valence-electron chi connectivity index (χ2n) is 8.42. The molecule has 0 N–H and O–H groups in total. The zero-order valence-corrected chi connectivity index (χ0v) is 20.5. The van der Waals surface area contributed by atoms with Crippen molar-refractivity contribution in [2.45, 2.75) is 78.1 Å². The van der Waals surface area contributed by atoms with Crippen molar-refractivity contribution >= 4 is 20.0 Å². The van der Waals surface area contributed by atoms with E-state index in [4.69, 9.17) is 14.2 Å². The third-order valence-electron chi connectivity index (χ3n) is 5.51. The van der Waals surface area contributed by atoms with E-state index in [-0.39, 0.29) is 13.2 Å². The fourth-order valence-electron chi connectivity index (χ4n) is 3.13. The van der Waals surface area contributed by atoms with E-state index in [1.807, 2.05) is 24.3 Å². The maximum atomic E-state index is 12.1. The summed E-state index contributed by atoms with van der Waals surface area (Å²) in [5.74, 6) is -1.04.